The van der Waals surface area contributed by atoms with Crippen LogP contribution in [-0.2, 0) is 6.54 Å². The van der Waals surface area contributed by atoms with Gasteiger partial charge in [-0.15, -0.1) is 0 Å². The van der Waals surface area contributed by atoms with Gasteiger partial charge in [0, 0.05) is 19.3 Å². The predicted octanol–water partition coefficient (Wildman–Crippen LogP) is 4.27. The van der Waals surface area contributed by atoms with Crippen molar-refractivity contribution in [2.75, 3.05) is 5.32 Å². The minimum atomic E-state index is -1.04. The van der Waals surface area contributed by atoms with Crippen molar-refractivity contribution in [2.45, 2.75) is 13.5 Å². The minimum Gasteiger partial charge on any atom is -0.475 e. The Morgan fingerprint density at radius 1 is 1.47 bits per heavy atom. The van der Waals surface area contributed by atoms with Gasteiger partial charge in [0.25, 0.3) is 0 Å². The molecule has 0 aliphatic carbocycles. The molecule has 0 spiro atoms. The molecular formula is C13H11BrINO3. The van der Waals surface area contributed by atoms with Gasteiger partial charge in [-0.1, -0.05) is 15.9 Å². The van der Waals surface area contributed by atoms with E-state index in [4.69, 9.17) is 9.52 Å². The maximum absolute atomic E-state index is 10.9. The van der Waals surface area contributed by atoms with E-state index >= 15 is 0 Å². The molecule has 6 heteroatoms. The summed E-state index contributed by atoms with van der Waals surface area (Å²) in [6.07, 6.45) is 0. The van der Waals surface area contributed by atoms with Crippen LogP contribution in [0.15, 0.2) is 33.2 Å². The molecule has 0 saturated carbocycles. The van der Waals surface area contributed by atoms with Crippen LogP contribution in [0.4, 0.5) is 5.69 Å². The van der Waals surface area contributed by atoms with Crippen LogP contribution in [0.2, 0.25) is 0 Å². The highest BCUT2D eigenvalue weighted by Crippen LogP contribution is 2.24. The Morgan fingerprint density at radius 3 is 2.84 bits per heavy atom. The van der Waals surface area contributed by atoms with Gasteiger partial charge in [-0.25, -0.2) is 4.79 Å². The number of anilines is 1. The number of hydrogen-bond donors (Lipinski definition) is 2. The Kier molecular flexibility index (Phi) is 4.51. The van der Waals surface area contributed by atoms with Crippen molar-refractivity contribution in [3.05, 3.63) is 49.4 Å². The summed E-state index contributed by atoms with van der Waals surface area (Å²) >= 11 is 5.65. The molecule has 2 aromatic rings. The first-order valence-corrected chi connectivity index (χ1v) is 7.36. The molecule has 0 aliphatic heterocycles. The molecule has 100 valence electrons. The summed E-state index contributed by atoms with van der Waals surface area (Å²) < 4.78 is 7.36. The number of aryl methyl sites for hydroxylation is 1. The Morgan fingerprint density at radius 2 is 2.21 bits per heavy atom. The van der Waals surface area contributed by atoms with Crippen LogP contribution in [-0.4, -0.2) is 11.1 Å². The lowest BCUT2D eigenvalue weighted by Gasteiger charge is -2.07. The van der Waals surface area contributed by atoms with Gasteiger partial charge in [0.2, 0.25) is 5.76 Å². The number of carboxylic acids is 1. The molecular weight excluding hydrogens is 425 g/mol. The zero-order chi connectivity index (χ0) is 14.0. The molecule has 0 fully saturated rings. The summed E-state index contributed by atoms with van der Waals surface area (Å²) in [6.45, 7) is 2.17. The van der Waals surface area contributed by atoms with Gasteiger partial charge in [-0.2, -0.15) is 0 Å². The van der Waals surface area contributed by atoms with Crippen LogP contribution >= 0.6 is 38.5 Å². The minimum absolute atomic E-state index is 0.000684. The highest BCUT2D eigenvalue weighted by atomic mass is 127. The van der Waals surface area contributed by atoms with Gasteiger partial charge >= 0.3 is 5.97 Å². The van der Waals surface area contributed by atoms with E-state index in [0.717, 1.165) is 13.7 Å². The van der Waals surface area contributed by atoms with Gasteiger partial charge in [0.05, 0.1) is 6.54 Å². The summed E-state index contributed by atoms with van der Waals surface area (Å²) in [4.78, 5) is 10.9. The van der Waals surface area contributed by atoms with E-state index in [9.17, 15) is 4.79 Å². The summed E-state index contributed by atoms with van der Waals surface area (Å²) in [5.74, 6) is -0.438. The lowest BCUT2D eigenvalue weighted by Crippen LogP contribution is -2.00. The molecule has 0 atom stereocenters. The molecule has 4 nitrogen and oxygen atoms in total. The lowest BCUT2D eigenvalue weighted by molar-refractivity contribution is 0.0659. The van der Waals surface area contributed by atoms with Crippen molar-refractivity contribution in [3.8, 4) is 0 Å². The Balaban J connectivity index is 2.12. The molecule has 1 heterocycles. The van der Waals surface area contributed by atoms with Crippen molar-refractivity contribution in [1.29, 1.82) is 0 Å². The number of benzene rings is 1. The Hall–Kier alpha value is -1.02. The van der Waals surface area contributed by atoms with E-state index in [2.05, 4.69) is 43.8 Å². The summed E-state index contributed by atoms with van der Waals surface area (Å²) in [7, 11) is 0. The topological polar surface area (TPSA) is 62.5 Å². The van der Waals surface area contributed by atoms with Crippen molar-refractivity contribution in [3.63, 3.8) is 0 Å². The van der Waals surface area contributed by atoms with E-state index in [1.807, 2.05) is 18.2 Å². The normalized spacial score (nSPS) is 10.5. The summed E-state index contributed by atoms with van der Waals surface area (Å²) in [5.41, 5.74) is 1.61. The molecule has 19 heavy (non-hydrogen) atoms. The third kappa shape index (κ3) is 3.50. The van der Waals surface area contributed by atoms with Crippen LogP contribution in [0.1, 0.15) is 21.9 Å². The Labute approximate surface area is 132 Å². The van der Waals surface area contributed by atoms with E-state index in [0.29, 0.717) is 17.9 Å². The second-order valence-corrected chi connectivity index (χ2v) is 6.09. The van der Waals surface area contributed by atoms with Crippen LogP contribution in [0, 0.1) is 10.5 Å². The molecule has 1 aromatic carbocycles. The number of carbonyl (C=O) groups is 1. The molecule has 0 aliphatic rings. The average molecular weight is 436 g/mol. The van der Waals surface area contributed by atoms with Gasteiger partial charge in [0.1, 0.15) is 5.76 Å². The van der Waals surface area contributed by atoms with Crippen LogP contribution in [0.25, 0.3) is 0 Å². The molecule has 0 amide bonds. The highest BCUT2D eigenvalue weighted by molar-refractivity contribution is 14.1. The molecule has 1 aromatic heterocycles. The zero-order valence-electron chi connectivity index (χ0n) is 10.0. The maximum atomic E-state index is 10.9. The number of nitrogens with one attached hydrogen (secondary N) is 1. The standard InChI is InChI=1S/C13H11BrINO3/c1-7-4-9(19-12(7)13(17)18)6-16-11-5-8(14)2-3-10(11)15/h2-5,16H,6H2,1H3,(H,17,18). The van der Waals surface area contributed by atoms with Gasteiger partial charge < -0.3 is 14.8 Å². The number of aromatic carboxylic acids is 1. The number of carboxylic acid groups (broad SMARTS) is 1. The first-order valence-electron chi connectivity index (χ1n) is 5.49. The lowest BCUT2D eigenvalue weighted by atomic mass is 10.2. The van der Waals surface area contributed by atoms with E-state index < -0.39 is 5.97 Å². The van der Waals surface area contributed by atoms with Crippen molar-refractivity contribution >= 4 is 50.2 Å². The van der Waals surface area contributed by atoms with E-state index in [1.54, 1.807) is 13.0 Å². The van der Waals surface area contributed by atoms with Crippen LogP contribution in [0.5, 0.6) is 0 Å². The van der Waals surface area contributed by atoms with E-state index in [-0.39, 0.29) is 5.76 Å². The SMILES string of the molecule is Cc1cc(CNc2cc(Br)ccc2I)oc1C(=O)O. The van der Waals surface area contributed by atoms with Gasteiger partial charge in [-0.05, 0) is 53.8 Å². The molecule has 0 radical (unpaired) electrons. The number of hydrogen-bond acceptors (Lipinski definition) is 3. The fraction of sp³-hybridized carbons (Fsp3) is 0.154. The fourth-order valence-electron chi connectivity index (χ4n) is 1.66. The number of rotatable bonds is 4. The van der Waals surface area contributed by atoms with Crippen molar-refractivity contribution in [1.82, 2.24) is 0 Å². The summed E-state index contributed by atoms with van der Waals surface area (Å²) in [6, 6.07) is 7.66. The quantitative estimate of drug-likeness (QED) is 0.704. The second kappa shape index (κ2) is 5.96. The first-order chi connectivity index (χ1) is 8.97. The molecule has 2 N–H and O–H groups in total. The molecule has 2 rings (SSSR count). The fourth-order valence-corrected chi connectivity index (χ4v) is 2.55. The molecule has 0 saturated heterocycles. The maximum Gasteiger partial charge on any atom is 0.372 e. The predicted molar refractivity (Wildman–Crippen MR) is 84.6 cm³/mol. The second-order valence-electron chi connectivity index (χ2n) is 4.01. The summed E-state index contributed by atoms with van der Waals surface area (Å²) in [5, 5.41) is 12.1. The molecule has 0 unspecified atom stereocenters. The monoisotopic (exact) mass is 435 g/mol. The van der Waals surface area contributed by atoms with Gasteiger partial charge in [-0.3, -0.25) is 0 Å². The van der Waals surface area contributed by atoms with Crippen LogP contribution in [0.3, 0.4) is 0 Å². The Bertz CT molecular complexity index is 624. The number of halogens is 2. The smallest absolute Gasteiger partial charge is 0.372 e. The largest absolute Gasteiger partial charge is 0.475 e. The highest BCUT2D eigenvalue weighted by Gasteiger charge is 2.14. The molecule has 0 bridgehead atoms. The zero-order valence-corrected chi connectivity index (χ0v) is 13.8. The first kappa shape index (κ1) is 14.4. The van der Waals surface area contributed by atoms with Gasteiger partial charge in [0.15, 0.2) is 0 Å². The van der Waals surface area contributed by atoms with Crippen molar-refractivity contribution in [2.24, 2.45) is 0 Å². The van der Waals surface area contributed by atoms with Crippen LogP contribution < -0.4 is 5.32 Å². The van der Waals surface area contributed by atoms with E-state index in [1.165, 1.54) is 0 Å². The number of furan rings is 1. The third-order valence-corrected chi connectivity index (χ3v) is 3.98. The third-order valence-electron chi connectivity index (χ3n) is 2.54. The van der Waals surface area contributed by atoms with Crippen molar-refractivity contribution < 1.29 is 14.3 Å². The average Bonchev–Trinajstić information content (AvgIpc) is 2.72.